The zero-order valence-electron chi connectivity index (χ0n) is 66.7. The minimum absolute atomic E-state index is 0.0167. The fourth-order valence-electron chi connectivity index (χ4n) is 8.94. The summed E-state index contributed by atoms with van der Waals surface area (Å²) in [6, 6.07) is 0. The Bertz CT molecular complexity index is 1390. The Morgan fingerprint density at radius 3 is 0.290 bits per heavy atom. The van der Waals surface area contributed by atoms with Crippen molar-refractivity contribution < 1.29 is 147 Å². The van der Waals surface area contributed by atoms with Crippen LogP contribution in [-0.2, 0) is 142 Å². The van der Waals surface area contributed by atoms with Crippen molar-refractivity contribution in [3.8, 4) is 0 Å². The van der Waals surface area contributed by atoms with Gasteiger partial charge in [0.2, 0.25) is 0 Å². The molecule has 0 aliphatic rings. The smallest absolute Gasteiger partial charge is 0.0701 e. The second kappa shape index (κ2) is 105. The van der Waals surface area contributed by atoms with Gasteiger partial charge in [0, 0.05) is 6.61 Å². The number of hydrogen-bond acceptors (Lipinski definition) is 31. The van der Waals surface area contributed by atoms with Crippen LogP contribution < -0.4 is 0 Å². The topological polar surface area (TPSA) is 297 Å². The third-order valence-corrected chi connectivity index (χ3v) is 14.7. The van der Waals surface area contributed by atoms with Gasteiger partial charge in [-0.2, -0.15) is 0 Å². The summed E-state index contributed by atoms with van der Waals surface area (Å²) in [5, 5.41) is 8.62. The molecule has 1 N–H and O–H groups in total. The zero-order chi connectivity index (χ0) is 76.2. The van der Waals surface area contributed by atoms with Gasteiger partial charge in [0.1, 0.15) is 0 Å². The molecule has 0 aliphatic heterocycles. The third kappa shape index (κ3) is 105. The molecule has 0 atom stereocenters. The van der Waals surface area contributed by atoms with E-state index < -0.39 is 0 Å². The molecule has 0 aromatic heterocycles. The molecule has 31 nitrogen and oxygen atoms in total. The molecule has 0 unspecified atom stereocenters. The maximum Gasteiger partial charge on any atom is 0.0701 e. The average molecular weight is 1560 g/mol. The second-order valence-corrected chi connectivity index (χ2v) is 23.7. The van der Waals surface area contributed by atoms with Gasteiger partial charge in [-0.05, 0) is 6.42 Å². The first-order valence-corrected chi connectivity index (χ1v) is 40.3. The predicted molar refractivity (Wildman–Crippen MR) is 402 cm³/mol. The van der Waals surface area contributed by atoms with Gasteiger partial charge in [-0.25, -0.2) is 0 Å². The lowest BCUT2D eigenvalue weighted by molar-refractivity contribution is -0.0325. The fraction of sp³-hybridized carbons (Fsp3) is 1.00. The summed E-state index contributed by atoms with van der Waals surface area (Å²) in [6.45, 7) is 32.2. The van der Waals surface area contributed by atoms with E-state index in [0.717, 1.165) is 13.0 Å². The van der Waals surface area contributed by atoms with Crippen molar-refractivity contribution in [2.24, 2.45) is 0 Å². The molecule has 0 aromatic carbocycles. The van der Waals surface area contributed by atoms with E-state index in [1.165, 1.54) is 83.5 Å². The van der Waals surface area contributed by atoms with Crippen molar-refractivity contribution >= 4 is 0 Å². The van der Waals surface area contributed by atoms with Gasteiger partial charge in [0.15, 0.2) is 0 Å². The lowest BCUT2D eigenvalue weighted by Gasteiger charge is -2.09. The third-order valence-electron chi connectivity index (χ3n) is 14.7. The Hall–Kier alpha value is -1.24. The van der Waals surface area contributed by atoms with E-state index in [9.17, 15) is 0 Å². The standard InChI is InChI=1S/C76H154O31/c1-2-3-4-5-6-7-8-9-10-11-12-13-14-15-17-78-19-21-80-23-25-82-27-29-84-31-33-86-35-37-88-39-41-90-43-45-92-47-49-94-51-53-96-55-57-98-59-61-100-63-65-102-67-69-104-71-73-106-75-76-107-74-72-105-70-68-103-66-64-101-62-60-99-58-56-97-54-52-95-50-48-93-46-44-91-42-40-89-38-36-87-34-32-85-30-28-83-26-24-81-22-20-79-18-16-77/h77H,2-76H2,1H3. The molecular formula is C76H154O31. The summed E-state index contributed by atoms with van der Waals surface area (Å²) in [5.41, 5.74) is 0. The SMILES string of the molecule is CCCCCCCCCCCCCCCCOCCOCCOCCOCCOCCOCCOCCOCCOCCOCCOCCOCCOCCOCCOCCOCCOCCOCCOCCOCCOCCOCCOCCOCCOCCOCCOCCOCCOCCOCCO. The molecule has 31 heteroatoms. The highest BCUT2D eigenvalue weighted by atomic mass is 16.6. The van der Waals surface area contributed by atoms with Crippen molar-refractivity contribution in [3.63, 3.8) is 0 Å². The Kier molecular flexibility index (Phi) is 104. The first-order chi connectivity index (χ1) is 53.4. The number of rotatable bonds is 104. The van der Waals surface area contributed by atoms with Crippen molar-refractivity contribution in [2.75, 3.05) is 403 Å². The van der Waals surface area contributed by atoms with Gasteiger partial charge in [0.25, 0.3) is 0 Å². The quantitative estimate of drug-likeness (QED) is 0.0687. The molecule has 0 heterocycles. The van der Waals surface area contributed by atoms with E-state index in [4.69, 9.17) is 147 Å². The second-order valence-electron chi connectivity index (χ2n) is 23.7. The minimum Gasteiger partial charge on any atom is -0.394 e. The highest BCUT2D eigenvalue weighted by Crippen LogP contribution is 2.13. The van der Waals surface area contributed by atoms with Crippen LogP contribution in [0.3, 0.4) is 0 Å². The highest BCUT2D eigenvalue weighted by molar-refractivity contribution is 4.51. The van der Waals surface area contributed by atoms with E-state index in [1.54, 1.807) is 0 Å². The number of unbranched alkanes of at least 4 members (excludes halogenated alkanes) is 13. The van der Waals surface area contributed by atoms with Crippen LogP contribution in [0.15, 0.2) is 0 Å². The predicted octanol–water partition coefficient (Wildman–Crippen LogP) is 5.96. The lowest BCUT2D eigenvalue weighted by Crippen LogP contribution is -2.16. The minimum atomic E-state index is 0.0167. The number of hydrogen-bond donors (Lipinski definition) is 1. The molecular weight excluding hydrogens is 1410 g/mol. The molecule has 0 rings (SSSR count). The number of aliphatic hydroxyl groups excluding tert-OH is 1. The maximum atomic E-state index is 8.62. The summed E-state index contributed by atoms with van der Waals surface area (Å²) in [7, 11) is 0. The maximum absolute atomic E-state index is 8.62. The van der Waals surface area contributed by atoms with Crippen LogP contribution in [0.5, 0.6) is 0 Å². The summed E-state index contributed by atoms with van der Waals surface area (Å²) in [4.78, 5) is 0. The first-order valence-electron chi connectivity index (χ1n) is 40.3. The summed E-state index contributed by atoms with van der Waals surface area (Å²) >= 11 is 0. The van der Waals surface area contributed by atoms with Crippen molar-refractivity contribution in [1.29, 1.82) is 0 Å². The first kappa shape index (κ1) is 106. The van der Waals surface area contributed by atoms with Gasteiger partial charge >= 0.3 is 0 Å². The van der Waals surface area contributed by atoms with Gasteiger partial charge in [-0.1, -0.05) is 90.4 Å². The molecule has 0 saturated heterocycles. The monoisotopic (exact) mass is 1560 g/mol. The Morgan fingerprint density at radius 1 is 0.103 bits per heavy atom. The van der Waals surface area contributed by atoms with E-state index in [1.807, 2.05) is 0 Å². The van der Waals surface area contributed by atoms with Gasteiger partial charge in [-0.15, -0.1) is 0 Å². The van der Waals surface area contributed by atoms with Crippen LogP contribution in [0.25, 0.3) is 0 Å². The van der Waals surface area contributed by atoms with Crippen LogP contribution in [0.4, 0.5) is 0 Å². The molecule has 644 valence electrons. The molecule has 0 bridgehead atoms. The van der Waals surface area contributed by atoms with Crippen molar-refractivity contribution in [3.05, 3.63) is 0 Å². The van der Waals surface area contributed by atoms with Gasteiger partial charge in [-0.3, -0.25) is 0 Å². The Balaban J connectivity index is 3.09. The summed E-state index contributed by atoms with van der Waals surface area (Å²) < 4.78 is 166. The molecule has 0 aliphatic carbocycles. The number of ether oxygens (including phenoxy) is 30. The van der Waals surface area contributed by atoms with E-state index >= 15 is 0 Å². The van der Waals surface area contributed by atoms with Crippen molar-refractivity contribution in [2.45, 2.75) is 96.8 Å². The van der Waals surface area contributed by atoms with Crippen LogP contribution in [-0.4, -0.2) is 408 Å². The van der Waals surface area contributed by atoms with E-state index in [-0.39, 0.29) is 6.61 Å². The average Bonchev–Trinajstić information content (AvgIpc) is 3.82. The van der Waals surface area contributed by atoms with Crippen LogP contribution in [0, 0.1) is 0 Å². The molecule has 0 spiro atoms. The summed E-state index contributed by atoms with van der Waals surface area (Å²) in [6.07, 6.45) is 19.1. The Morgan fingerprint density at radius 2 is 0.187 bits per heavy atom. The highest BCUT2D eigenvalue weighted by Gasteiger charge is 2.03. The largest absolute Gasteiger partial charge is 0.394 e. The molecule has 107 heavy (non-hydrogen) atoms. The van der Waals surface area contributed by atoms with E-state index in [0.29, 0.717) is 390 Å². The molecule has 0 fully saturated rings. The molecule has 0 aromatic rings. The number of aliphatic hydroxyl groups is 1. The normalized spacial score (nSPS) is 11.8. The van der Waals surface area contributed by atoms with Crippen LogP contribution >= 0.6 is 0 Å². The molecule has 0 amide bonds. The van der Waals surface area contributed by atoms with Gasteiger partial charge in [0.05, 0.1) is 396 Å². The Labute approximate surface area is 644 Å². The zero-order valence-corrected chi connectivity index (χ0v) is 66.7. The fourth-order valence-corrected chi connectivity index (χ4v) is 8.94. The van der Waals surface area contributed by atoms with E-state index in [2.05, 4.69) is 6.92 Å². The summed E-state index contributed by atoms with van der Waals surface area (Å²) in [5.74, 6) is 0. The molecule has 0 radical (unpaired) electrons. The van der Waals surface area contributed by atoms with Crippen LogP contribution in [0.2, 0.25) is 0 Å². The molecule has 0 saturated carbocycles. The van der Waals surface area contributed by atoms with Crippen molar-refractivity contribution in [1.82, 2.24) is 0 Å². The lowest BCUT2D eigenvalue weighted by atomic mass is 10.0. The van der Waals surface area contributed by atoms with Crippen LogP contribution in [0.1, 0.15) is 96.8 Å². The van der Waals surface area contributed by atoms with Gasteiger partial charge < -0.3 is 147 Å².